The maximum atomic E-state index is 11.0. The number of nitrogens with zero attached hydrogens (tertiary/aromatic N) is 2. The van der Waals surface area contributed by atoms with Crippen molar-refractivity contribution in [1.82, 2.24) is 10.3 Å². The van der Waals surface area contributed by atoms with Gasteiger partial charge in [0.1, 0.15) is 5.70 Å². The van der Waals surface area contributed by atoms with Crippen molar-refractivity contribution in [1.29, 1.82) is 0 Å². The monoisotopic (exact) mass is 240 g/mol. The number of carbonyl (C=O) groups excluding carboxylic acids is 1. The summed E-state index contributed by atoms with van der Waals surface area (Å²) in [6, 6.07) is 0. The van der Waals surface area contributed by atoms with Gasteiger partial charge in [0.25, 0.3) is 11.8 Å². The second kappa shape index (κ2) is 3.58. The normalized spacial score (nSPS) is 24.3. The van der Waals surface area contributed by atoms with E-state index in [4.69, 9.17) is 5.73 Å². The van der Waals surface area contributed by atoms with E-state index >= 15 is 0 Å². The summed E-state index contributed by atoms with van der Waals surface area (Å²) in [5.41, 5.74) is 4.72. The number of aliphatic hydroxyl groups is 2. The fourth-order valence-corrected chi connectivity index (χ4v) is 1.82. The second-order valence-electron chi connectivity index (χ2n) is 3.02. The molecule has 1 aromatic rings. The van der Waals surface area contributed by atoms with Crippen LogP contribution in [0.5, 0.6) is 0 Å². The number of nitrogens with two attached hydrogens (primary N) is 1. The van der Waals surface area contributed by atoms with Crippen molar-refractivity contribution in [3.05, 3.63) is 28.0 Å². The summed E-state index contributed by atoms with van der Waals surface area (Å²) in [4.78, 5) is 18.5. The zero-order chi connectivity index (χ0) is 11.8. The van der Waals surface area contributed by atoms with E-state index < -0.39 is 17.5 Å². The molecule has 7 nitrogen and oxygen atoms in total. The van der Waals surface area contributed by atoms with E-state index in [-0.39, 0.29) is 10.7 Å². The van der Waals surface area contributed by atoms with E-state index in [2.05, 4.69) is 15.3 Å². The van der Waals surface area contributed by atoms with Crippen molar-refractivity contribution >= 4 is 23.5 Å². The summed E-state index contributed by atoms with van der Waals surface area (Å²) >= 11 is 1.15. The second-order valence-corrected chi connectivity index (χ2v) is 3.91. The molecule has 0 aromatic carbocycles. The number of rotatable bonds is 2. The summed E-state index contributed by atoms with van der Waals surface area (Å²) in [7, 11) is 0. The van der Waals surface area contributed by atoms with Gasteiger partial charge in [-0.3, -0.25) is 4.79 Å². The number of nitrogens with one attached hydrogen (secondary N) is 1. The van der Waals surface area contributed by atoms with Crippen LogP contribution >= 0.6 is 11.3 Å². The number of hydrogen-bond donors (Lipinski definition) is 4. The van der Waals surface area contributed by atoms with Crippen molar-refractivity contribution in [3.63, 3.8) is 0 Å². The van der Waals surface area contributed by atoms with E-state index in [1.807, 2.05) is 0 Å². The molecular formula is C8H8N4O3S. The van der Waals surface area contributed by atoms with Gasteiger partial charge in [0.15, 0.2) is 10.8 Å². The molecule has 0 spiro atoms. The molecule has 1 aromatic heterocycles. The van der Waals surface area contributed by atoms with Crippen LogP contribution in [0.3, 0.4) is 0 Å². The number of primary amides is 1. The third kappa shape index (κ3) is 1.64. The molecule has 16 heavy (non-hydrogen) atoms. The Morgan fingerprint density at radius 2 is 2.38 bits per heavy atom. The number of allylic oxidation sites excluding steroid dienone is 1. The Balaban J connectivity index is 2.38. The van der Waals surface area contributed by atoms with Crippen LogP contribution in [0.2, 0.25) is 0 Å². The average Bonchev–Trinajstić information content (AvgIpc) is 2.75. The highest BCUT2D eigenvalue weighted by molar-refractivity contribution is 7.09. The van der Waals surface area contributed by atoms with Crippen LogP contribution in [-0.4, -0.2) is 27.3 Å². The molecule has 0 saturated heterocycles. The Bertz CT molecular complexity index is 481. The summed E-state index contributed by atoms with van der Waals surface area (Å²) < 4.78 is 0. The minimum absolute atomic E-state index is 0.245. The van der Waals surface area contributed by atoms with Gasteiger partial charge in [-0.15, -0.1) is 11.3 Å². The van der Waals surface area contributed by atoms with Gasteiger partial charge in [0.2, 0.25) is 0 Å². The highest BCUT2D eigenvalue weighted by Crippen LogP contribution is 2.25. The smallest absolute Gasteiger partial charge is 0.290 e. The van der Waals surface area contributed by atoms with Gasteiger partial charge in [-0.25, -0.2) is 9.98 Å². The molecule has 1 amide bonds. The molecule has 0 radical (unpaired) electrons. The van der Waals surface area contributed by atoms with Gasteiger partial charge in [0, 0.05) is 11.6 Å². The third-order valence-corrected chi connectivity index (χ3v) is 2.78. The summed E-state index contributed by atoms with van der Waals surface area (Å²) in [6.45, 7) is 0. The predicted molar refractivity (Wildman–Crippen MR) is 56.5 cm³/mol. The topological polar surface area (TPSA) is 121 Å². The Morgan fingerprint density at radius 1 is 1.62 bits per heavy atom. The molecule has 1 aliphatic heterocycles. The number of thiazole rings is 1. The predicted octanol–water partition coefficient (Wildman–Crippen LogP) is -0.825. The van der Waals surface area contributed by atoms with Gasteiger partial charge in [-0.1, -0.05) is 0 Å². The molecule has 1 unspecified atom stereocenters. The van der Waals surface area contributed by atoms with Crippen LogP contribution in [0, 0.1) is 0 Å². The van der Waals surface area contributed by atoms with Crippen LogP contribution in [-0.2, 0) is 10.6 Å². The lowest BCUT2D eigenvalue weighted by Crippen LogP contribution is -2.46. The Kier molecular flexibility index (Phi) is 2.37. The maximum absolute atomic E-state index is 11.0. The van der Waals surface area contributed by atoms with Crippen LogP contribution in [0.25, 0.3) is 0 Å². The number of carbonyl (C=O) groups is 1. The lowest BCUT2D eigenvalue weighted by molar-refractivity contribution is -0.116. The minimum atomic E-state index is -1.86. The Morgan fingerprint density at radius 3 is 2.94 bits per heavy atom. The van der Waals surface area contributed by atoms with Crippen molar-refractivity contribution in [2.45, 2.75) is 5.85 Å². The minimum Gasteiger partial charge on any atom is -0.504 e. The molecule has 84 valence electrons. The molecule has 0 aliphatic carbocycles. The van der Waals surface area contributed by atoms with Gasteiger partial charge in [0.05, 0.1) is 6.21 Å². The quantitative estimate of drug-likeness (QED) is 0.538. The first-order valence-corrected chi connectivity index (χ1v) is 5.10. The first-order chi connectivity index (χ1) is 7.53. The number of aliphatic imine (C=N–C) groups is 1. The molecular weight excluding hydrogens is 232 g/mol. The van der Waals surface area contributed by atoms with E-state index in [9.17, 15) is 15.0 Å². The number of aromatic nitrogens is 1. The van der Waals surface area contributed by atoms with Crippen LogP contribution in [0.1, 0.15) is 5.01 Å². The van der Waals surface area contributed by atoms with Crippen molar-refractivity contribution < 1.29 is 15.0 Å². The average molecular weight is 240 g/mol. The zero-order valence-electron chi connectivity index (χ0n) is 7.91. The van der Waals surface area contributed by atoms with Crippen LogP contribution in [0.15, 0.2) is 28.0 Å². The van der Waals surface area contributed by atoms with Gasteiger partial charge >= 0.3 is 0 Å². The van der Waals surface area contributed by atoms with Crippen molar-refractivity contribution in [2.24, 2.45) is 10.7 Å². The first kappa shape index (κ1) is 10.6. The highest BCUT2D eigenvalue weighted by Gasteiger charge is 2.36. The number of hydrogen-bond acceptors (Lipinski definition) is 7. The van der Waals surface area contributed by atoms with E-state index in [0.29, 0.717) is 0 Å². The van der Waals surface area contributed by atoms with Gasteiger partial charge in [-0.2, -0.15) is 0 Å². The molecule has 0 fully saturated rings. The van der Waals surface area contributed by atoms with Gasteiger partial charge < -0.3 is 21.3 Å². The Hall–Kier alpha value is -1.93. The Labute approximate surface area is 94.0 Å². The van der Waals surface area contributed by atoms with Crippen LogP contribution < -0.4 is 11.1 Å². The molecule has 2 rings (SSSR count). The summed E-state index contributed by atoms with van der Waals surface area (Å²) in [6.07, 6.45) is 2.44. The molecule has 0 bridgehead atoms. The first-order valence-electron chi connectivity index (χ1n) is 4.22. The lowest BCUT2D eigenvalue weighted by Gasteiger charge is -2.27. The largest absolute Gasteiger partial charge is 0.504 e. The standard InChI is InChI=1S/C8H8N4O3S/c9-6(14)5-4(13)3-11-8(15,12-5)7-10-1-2-16-7/h1-3,12-13,15H,(H2,9,14). The molecule has 8 heteroatoms. The fourth-order valence-electron chi connectivity index (χ4n) is 1.18. The van der Waals surface area contributed by atoms with Gasteiger partial charge in [-0.05, 0) is 0 Å². The number of aliphatic hydroxyl groups excluding tert-OH is 1. The maximum Gasteiger partial charge on any atom is 0.290 e. The highest BCUT2D eigenvalue weighted by atomic mass is 32.1. The van der Waals surface area contributed by atoms with E-state index in [1.165, 1.54) is 6.20 Å². The molecule has 1 aliphatic rings. The van der Waals surface area contributed by atoms with Crippen molar-refractivity contribution in [3.8, 4) is 0 Å². The number of amides is 1. The third-order valence-electron chi connectivity index (χ3n) is 1.91. The molecule has 1 atom stereocenters. The van der Waals surface area contributed by atoms with Crippen LogP contribution in [0.4, 0.5) is 0 Å². The SMILES string of the molecule is NC(=O)C1=C(O)C=NC(O)(c2nccs2)N1. The summed E-state index contributed by atoms with van der Waals surface area (Å²) in [5.74, 6) is -3.17. The molecule has 0 saturated carbocycles. The molecule has 2 heterocycles. The lowest BCUT2D eigenvalue weighted by atomic mass is 10.2. The van der Waals surface area contributed by atoms with Crippen molar-refractivity contribution in [2.75, 3.05) is 0 Å². The van der Waals surface area contributed by atoms with E-state index in [1.54, 1.807) is 5.38 Å². The zero-order valence-corrected chi connectivity index (χ0v) is 8.73. The van der Waals surface area contributed by atoms with E-state index in [0.717, 1.165) is 17.6 Å². The molecule has 5 N–H and O–H groups in total. The fraction of sp³-hybridized carbons (Fsp3) is 0.125. The summed E-state index contributed by atoms with van der Waals surface area (Å²) in [5, 5.41) is 23.6.